The Balaban J connectivity index is 2.14. The first kappa shape index (κ1) is 12.3. The largest absolute Gasteiger partial charge is 0.378 e. The quantitative estimate of drug-likeness (QED) is 0.830. The van der Waals surface area contributed by atoms with Gasteiger partial charge in [0.05, 0.1) is 0 Å². The van der Waals surface area contributed by atoms with Crippen LogP contribution >= 0.6 is 0 Å². The molecule has 94 valence electrons. The van der Waals surface area contributed by atoms with Crippen LogP contribution in [0.25, 0.3) is 0 Å². The molecule has 1 aromatic rings. The Morgan fingerprint density at radius 2 is 2.06 bits per heavy atom. The van der Waals surface area contributed by atoms with Crippen LogP contribution in [0.4, 0.5) is 14.5 Å². The molecule has 0 spiro atoms. The van der Waals surface area contributed by atoms with Gasteiger partial charge in [-0.15, -0.1) is 0 Å². The van der Waals surface area contributed by atoms with Crippen LogP contribution in [0.2, 0.25) is 0 Å². The van der Waals surface area contributed by atoms with Crippen molar-refractivity contribution in [3.8, 4) is 0 Å². The maximum absolute atomic E-state index is 13.8. The van der Waals surface area contributed by atoms with Crippen molar-refractivity contribution < 1.29 is 8.78 Å². The summed E-state index contributed by atoms with van der Waals surface area (Å²) in [5.74, 6) is -0.979. The first-order valence-electron chi connectivity index (χ1n) is 6.10. The maximum Gasteiger partial charge on any atom is 0.152 e. The summed E-state index contributed by atoms with van der Waals surface area (Å²) in [6.07, 6.45) is 2.87. The van der Waals surface area contributed by atoms with E-state index in [0.717, 1.165) is 32.4 Å². The number of hydrogen-bond acceptors (Lipinski definition) is 2. The van der Waals surface area contributed by atoms with E-state index in [4.69, 9.17) is 0 Å². The molecule has 0 saturated carbocycles. The second kappa shape index (κ2) is 5.45. The lowest BCUT2D eigenvalue weighted by Gasteiger charge is -2.19. The molecule has 1 aliphatic rings. The lowest BCUT2D eigenvalue weighted by atomic mass is 10.1. The van der Waals surface area contributed by atoms with E-state index in [0.29, 0.717) is 5.56 Å². The third-order valence-corrected chi connectivity index (χ3v) is 3.21. The van der Waals surface area contributed by atoms with Gasteiger partial charge in [-0.25, -0.2) is 8.78 Å². The molecule has 17 heavy (non-hydrogen) atoms. The third kappa shape index (κ3) is 2.94. The minimum Gasteiger partial charge on any atom is -0.378 e. The second-order valence-electron chi connectivity index (χ2n) is 4.58. The Morgan fingerprint density at radius 3 is 2.88 bits per heavy atom. The van der Waals surface area contributed by atoms with E-state index in [-0.39, 0.29) is 11.7 Å². The van der Waals surface area contributed by atoms with Crippen molar-refractivity contribution in [2.24, 2.45) is 0 Å². The standard InChI is InChI=1S/C13H18F2N2/c1-9-4-5-11(14)13(12(9)15)17-10-3-2-7-16-8-6-10/h4-5,10,16-17H,2-3,6-8H2,1H3. The van der Waals surface area contributed by atoms with Gasteiger partial charge in [-0.2, -0.15) is 0 Å². The Labute approximate surface area is 100 Å². The fraction of sp³-hybridized carbons (Fsp3) is 0.538. The molecule has 2 N–H and O–H groups in total. The predicted octanol–water partition coefficient (Wildman–Crippen LogP) is 2.83. The number of rotatable bonds is 2. The highest BCUT2D eigenvalue weighted by Crippen LogP contribution is 2.24. The Morgan fingerprint density at radius 1 is 1.24 bits per heavy atom. The lowest BCUT2D eigenvalue weighted by Crippen LogP contribution is -2.22. The molecule has 2 rings (SSSR count). The molecule has 1 aliphatic heterocycles. The molecule has 1 saturated heterocycles. The van der Waals surface area contributed by atoms with Gasteiger partial charge in [-0.1, -0.05) is 6.07 Å². The molecule has 1 heterocycles. The SMILES string of the molecule is Cc1ccc(F)c(NC2CCCNCC2)c1F. The van der Waals surface area contributed by atoms with Crippen molar-refractivity contribution in [2.45, 2.75) is 32.2 Å². The normalized spacial score (nSPS) is 21.0. The van der Waals surface area contributed by atoms with Crippen molar-refractivity contribution in [3.05, 3.63) is 29.3 Å². The predicted molar refractivity (Wildman–Crippen MR) is 65.2 cm³/mol. The minimum atomic E-state index is -0.509. The number of hydrogen-bond donors (Lipinski definition) is 2. The van der Waals surface area contributed by atoms with Gasteiger partial charge in [-0.3, -0.25) is 0 Å². The fourth-order valence-corrected chi connectivity index (χ4v) is 2.16. The first-order valence-corrected chi connectivity index (χ1v) is 6.10. The van der Waals surface area contributed by atoms with Crippen LogP contribution in [-0.2, 0) is 0 Å². The molecule has 0 aliphatic carbocycles. The van der Waals surface area contributed by atoms with Crippen molar-refractivity contribution in [2.75, 3.05) is 18.4 Å². The van der Waals surface area contributed by atoms with Gasteiger partial charge in [0.15, 0.2) is 5.82 Å². The summed E-state index contributed by atoms with van der Waals surface area (Å²) >= 11 is 0. The Kier molecular flexibility index (Phi) is 3.94. The monoisotopic (exact) mass is 240 g/mol. The summed E-state index contributed by atoms with van der Waals surface area (Å²) in [5.41, 5.74) is 0.498. The van der Waals surface area contributed by atoms with Crippen molar-refractivity contribution in [1.29, 1.82) is 0 Å². The van der Waals surface area contributed by atoms with E-state index < -0.39 is 11.6 Å². The van der Waals surface area contributed by atoms with Gasteiger partial charge in [0.2, 0.25) is 0 Å². The number of benzene rings is 1. The maximum atomic E-state index is 13.8. The molecule has 4 heteroatoms. The molecule has 1 fully saturated rings. The smallest absolute Gasteiger partial charge is 0.152 e. The average Bonchev–Trinajstić information content (AvgIpc) is 2.58. The van der Waals surface area contributed by atoms with Gasteiger partial charge in [0.25, 0.3) is 0 Å². The van der Waals surface area contributed by atoms with Gasteiger partial charge in [-0.05, 0) is 50.9 Å². The molecule has 1 atom stereocenters. The molecule has 2 nitrogen and oxygen atoms in total. The van der Waals surface area contributed by atoms with E-state index in [1.165, 1.54) is 12.1 Å². The van der Waals surface area contributed by atoms with Crippen LogP contribution in [-0.4, -0.2) is 19.1 Å². The van der Waals surface area contributed by atoms with Crippen molar-refractivity contribution in [1.82, 2.24) is 5.32 Å². The van der Waals surface area contributed by atoms with Crippen LogP contribution in [0.1, 0.15) is 24.8 Å². The third-order valence-electron chi connectivity index (χ3n) is 3.21. The summed E-state index contributed by atoms with van der Waals surface area (Å²) in [6, 6.07) is 2.93. The first-order chi connectivity index (χ1) is 8.18. The van der Waals surface area contributed by atoms with Crippen LogP contribution in [0.5, 0.6) is 0 Å². The molecule has 0 bridgehead atoms. The summed E-state index contributed by atoms with van der Waals surface area (Å²) < 4.78 is 27.4. The zero-order chi connectivity index (χ0) is 12.3. The van der Waals surface area contributed by atoms with Crippen LogP contribution in [0, 0.1) is 18.6 Å². The van der Waals surface area contributed by atoms with Crippen LogP contribution in [0.15, 0.2) is 12.1 Å². The fourth-order valence-electron chi connectivity index (χ4n) is 2.16. The molecule has 1 aromatic carbocycles. The van der Waals surface area contributed by atoms with E-state index in [2.05, 4.69) is 10.6 Å². The summed E-state index contributed by atoms with van der Waals surface area (Å²) in [5, 5.41) is 6.28. The molecule has 0 aromatic heterocycles. The zero-order valence-electron chi connectivity index (χ0n) is 10.0. The number of nitrogens with one attached hydrogen (secondary N) is 2. The Hall–Kier alpha value is -1.16. The number of halogens is 2. The van der Waals surface area contributed by atoms with E-state index in [9.17, 15) is 8.78 Å². The molecule has 1 unspecified atom stereocenters. The summed E-state index contributed by atoms with van der Waals surface area (Å²) in [4.78, 5) is 0. The summed E-state index contributed by atoms with van der Waals surface area (Å²) in [6.45, 7) is 3.53. The molecular formula is C13H18F2N2. The Bertz CT molecular complexity index is 385. The second-order valence-corrected chi connectivity index (χ2v) is 4.58. The topological polar surface area (TPSA) is 24.1 Å². The highest BCUT2D eigenvalue weighted by molar-refractivity contribution is 5.49. The minimum absolute atomic E-state index is 0.0249. The van der Waals surface area contributed by atoms with Gasteiger partial charge < -0.3 is 10.6 Å². The number of anilines is 1. The van der Waals surface area contributed by atoms with Gasteiger partial charge in [0.1, 0.15) is 11.5 Å². The zero-order valence-corrected chi connectivity index (χ0v) is 10.0. The van der Waals surface area contributed by atoms with E-state index in [1.54, 1.807) is 6.92 Å². The number of aryl methyl sites for hydroxylation is 1. The highest BCUT2D eigenvalue weighted by Gasteiger charge is 2.17. The summed E-state index contributed by atoms with van der Waals surface area (Å²) in [7, 11) is 0. The molecular weight excluding hydrogens is 222 g/mol. The highest BCUT2D eigenvalue weighted by atomic mass is 19.1. The van der Waals surface area contributed by atoms with E-state index in [1.807, 2.05) is 0 Å². The average molecular weight is 240 g/mol. The van der Waals surface area contributed by atoms with E-state index >= 15 is 0 Å². The van der Waals surface area contributed by atoms with Crippen molar-refractivity contribution >= 4 is 5.69 Å². The van der Waals surface area contributed by atoms with Gasteiger partial charge in [0, 0.05) is 6.04 Å². The van der Waals surface area contributed by atoms with Crippen molar-refractivity contribution in [3.63, 3.8) is 0 Å². The van der Waals surface area contributed by atoms with Crippen LogP contribution in [0.3, 0.4) is 0 Å². The van der Waals surface area contributed by atoms with Gasteiger partial charge >= 0.3 is 0 Å². The molecule has 0 radical (unpaired) electrons. The van der Waals surface area contributed by atoms with Crippen LogP contribution < -0.4 is 10.6 Å². The lowest BCUT2D eigenvalue weighted by molar-refractivity contribution is 0.565. The molecule has 0 amide bonds.